The first kappa shape index (κ1) is 13.0. The molecular weight excluding hydrogens is 218 g/mol. The average Bonchev–Trinajstić information content (AvgIpc) is 2.35. The number of rotatable bonds is 4. The van der Waals surface area contributed by atoms with Gasteiger partial charge in [-0.05, 0) is 24.1 Å². The molecule has 0 aliphatic rings. The van der Waals surface area contributed by atoms with E-state index in [9.17, 15) is 9.59 Å². The van der Waals surface area contributed by atoms with Crippen LogP contribution in [0.5, 0.6) is 0 Å². The number of amides is 1. The molecule has 0 heterocycles. The second kappa shape index (κ2) is 5.84. The molecule has 0 bridgehead atoms. The van der Waals surface area contributed by atoms with Gasteiger partial charge in [-0.1, -0.05) is 19.1 Å². The van der Waals surface area contributed by atoms with Crippen LogP contribution in [0.2, 0.25) is 0 Å². The molecule has 0 saturated carbocycles. The van der Waals surface area contributed by atoms with Crippen LogP contribution in [0.3, 0.4) is 0 Å². The van der Waals surface area contributed by atoms with E-state index in [1.54, 1.807) is 7.05 Å². The summed E-state index contributed by atoms with van der Waals surface area (Å²) in [5.41, 5.74) is 1.93. The Kier molecular flexibility index (Phi) is 4.46. The fourth-order valence-electron chi connectivity index (χ4n) is 1.34. The SMILES string of the molecule is CCc1ccc(N(C)C(=O)C=CC(=O)O)cc1. The number of aliphatic carboxylic acids is 1. The smallest absolute Gasteiger partial charge is 0.328 e. The Morgan fingerprint density at radius 3 is 2.29 bits per heavy atom. The Morgan fingerprint density at radius 2 is 1.82 bits per heavy atom. The Labute approximate surface area is 100 Å². The molecule has 1 rings (SSSR count). The first-order valence-electron chi connectivity index (χ1n) is 5.32. The van der Waals surface area contributed by atoms with Gasteiger partial charge < -0.3 is 10.0 Å². The maximum Gasteiger partial charge on any atom is 0.328 e. The van der Waals surface area contributed by atoms with Gasteiger partial charge in [0.05, 0.1) is 0 Å². The third-order valence-corrected chi connectivity index (χ3v) is 2.43. The van der Waals surface area contributed by atoms with E-state index in [4.69, 9.17) is 5.11 Å². The molecular formula is C13H15NO3. The maximum absolute atomic E-state index is 11.6. The van der Waals surface area contributed by atoms with E-state index in [2.05, 4.69) is 6.92 Å². The molecule has 90 valence electrons. The van der Waals surface area contributed by atoms with E-state index >= 15 is 0 Å². The molecule has 0 unspecified atom stereocenters. The number of aryl methyl sites for hydroxylation is 1. The van der Waals surface area contributed by atoms with Gasteiger partial charge in [-0.2, -0.15) is 0 Å². The summed E-state index contributed by atoms with van der Waals surface area (Å²) in [6.45, 7) is 2.06. The molecule has 0 saturated heterocycles. The number of hydrogen-bond donors (Lipinski definition) is 1. The predicted molar refractivity (Wildman–Crippen MR) is 66.0 cm³/mol. The van der Waals surface area contributed by atoms with Gasteiger partial charge in [-0.25, -0.2) is 4.79 Å². The van der Waals surface area contributed by atoms with Crippen molar-refractivity contribution >= 4 is 17.6 Å². The molecule has 0 aliphatic carbocycles. The molecule has 17 heavy (non-hydrogen) atoms. The topological polar surface area (TPSA) is 57.6 Å². The largest absolute Gasteiger partial charge is 0.478 e. The van der Waals surface area contributed by atoms with Gasteiger partial charge in [0.25, 0.3) is 5.91 Å². The van der Waals surface area contributed by atoms with Gasteiger partial charge in [0, 0.05) is 24.9 Å². The Balaban J connectivity index is 2.77. The number of anilines is 1. The van der Waals surface area contributed by atoms with Crippen molar-refractivity contribution in [3.8, 4) is 0 Å². The normalized spacial score (nSPS) is 10.5. The zero-order chi connectivity index (χ0) is 12.8. The number of nitrogens with zero attached hydrogens (tertiary/aromatic N) is 1. The lowest BCUT2D eigenvalue weighted by molar-refractivity contribution is -0.131. The Bertz CT molecular complexity index is 434. The van der Waals surface area contributed by atoms with Crippen molar-refractivity contribution in [2.75, 3.05) is 11.9 Å². The van der Waals surface area contributed by atoms with Crippen LogP contribution in [0.25, 0.3) is 0 Å². The summed E-state index contributed by atoms with van der Waals surface area (Å²) in [5, 5.41) is 8.43. The summed E-state index contributed by atoms with van der Waals surface area (Å²) in [5.74, 6) is -1.50. The minimum Gasteiger partial charge on any atom is -0.478 e. The van der Waals surface area contributed by atoms with Crippen molar-refractivity contribution in [3.63, 3.8) is 0 Å². The van der Waals surface area contributed by atoms with Gasteiger partial charge in [0.1, 0.15) is 0 Å². The second-order valence-electron chi connectivity index (χ2n) is 3.59. The van der Waals surface area contributed by atoms with Crippen molar-refractivity contribution < 1.29 is 14.7 Å². The number of hydrogen-bond acceptors (Lipinski definition) is 2. The first-order valence-corrected chi connectivity index (χ1v) is 5.32. The average molecular weight is 233 g/mol. The Morgan fingerprint density at radius 1 is 1.24 bits per heavy atom. The summed E-state index contributed by atoms with van der Waals surface area (Å²) in [6.07, 6.45) is 2.81. The summed E-state index contributed by atoms with van der Waals surface area (Å²) >= 11 is 0. The minimum atomic E-state index is -1.13. The number of likely N-dealkylation sites (N-methyl/N-ethyl adjacent to an activating group) is 1. The molecule has 0 spiro atoms. The van der Waals surface area contributed by atoms with Crippen LogP contribution in [-0.4, -0.2) is 24.0 Å². The summed E-state index contributed by atoms with van der Waals surface area (Å²) in [7, 11) is 1.61. The molecule has 0 atom stereocenters. The third-order valence-electron chi connectivity index (χ3n) is 2.43. The first-order chi connectivity index (χ1) is 8.04. The molecule has 4 nitrogen and oxygen atoms in total. The van der Waals surface area contributed by atoms with Gasteiger partial charge in [-0.3, -0.25) is 4.79 Å². The van der Waals surface area contributed by atoms with E-state index in [1.807, 2.05) is 24.3 Å². The fraction of sp³-hybridized carbons (Fsp3) is 0.231. The quantitative estimate of drug-likeness (QED) is 0.807. The highest BCUT2D eigenvalue weighted by Gasteiger charge is 2.07. The predicted octanol–water partition coefficient (Wildman–Crippen LogP) is 1.85. The lowest BCUT2D eigenvalue weighted by Crippen LogP contribution is -2.24. The molecule has 0 radical (unpaired) electrons. The van der Waals surface area contributed by atoms with E-state index in [0.29, 0.717) is 0 Å². The van der Waals surface area contributed by atoms with Crippen molar-refractivity contribution in [1.29, 1.82) is 0 Å². The van der Waals surface area contributed by atoms with Crippen molar-refractivity contribution in [3.05, 3.63) is 42.0 Å². The highest BCUT2D eigenvalue weighted by Crippen LogP contribution is 2.14. The van der Waals surface area contributed by atoms with Gasteiger partial charge in [-0.15, -0.1) is 0 Å². The highest BCUT2D eigenvalue weighted by molar-refractivity contribution is 6.03. The molecule has 0 aliphatic heterocycles. The number of carbonyl (C=O) groups excluding carboxylic acids is 1. The van der Waals surface area contributed by atoms with Crippen molar-refractivity contribution in [2.24, 2.45) is 0 Å². The lowest BCUT2D eigenvalue weighted by atomic mass is 10.1. The number of benzene rings is 1. The molecule has 1 N–H and O–H groups in total. The van der Waals surface area contributed by atoms with E-state index in [1.165, 1.54) is 10.5 Å². The van der Waals surface area contributed by atoms with Crippen LogP contribution in [-0.2, 0) is 16.0 Å². The van der Waals surface area contributed by atoms with Crippen molar-refractivity contribution in [1.82, 2.24) is 0 Å². The summed E-state index contributed by atoms with van der Waals surface area (Å²) in [6, 6.07) is 7.57. The van der Waals surface area contributed by atoms with Crippen LogP contribution >= 0.6 is 0 Å². The monoisotopic (exact) mass is 233 g/mol. The lowest BCUT2D eigenvalue weighted by Gasteiger charge is -2.15. The molecule has 0 fully saturated rings. The van der Waals surface area contributed by atoms with E-state index < -0.39 is 5.97 Å². The van der Waals surface area contributed by atoms with Crippen LogP contribution in [0.15, 0.2) is 36.4 Å². The molecule has 1 amide bonds. The Hall–Kier alpha value is -2.10. The fourth-order valence-corrected chi connectivity index (χ4v) is 1.34. The standard InChI is InChI=1S/C13H15NO3/c1-3-10-4-6-11(7-5-10)14(2)12(15)8-9-13(16)17/h4-9H,3H2,1-2H3,(H,16,17). The zero-order valence-corrected chi connectivity index (χ0v) is 9.88. The second-order valence-corrected chi connectivity index (χ2v) is 3.59. The maximum atomic E-state index is 11.6. The summed E-state index contributed by atoms with van der Waals surface area (Å²) < 4.78 is 0. The minimum absolute atomic E-state index is 0.364. The summed E-state index contributed by atoms with van der Waals surface area (Å²) in [4.78, 5) is 23.3. The highest BCUT2D eigenvalue weighted by atomic mass is 16.4. The van der Waals surface area contributed by atoms with Crippen LogP contribution < -0.4 is 4.90 Å². The van der Waals surface area contributed by atoms with Crippen LogP contribution in [0.1, 0.15) is 12.5 Å². The number of carboxylic acids is 1. The molecule has 1 aromatic rings. The van der Waals surface area contributed by atoms with Gasteiger partial charge in [0.2, 0.25) is 0 Å². The molecule has 0 aromatic heterocycles. The third kappa shape index (κ3) is 3.75. The number of carbonyl (C=O) groups is 2. The van der Waals surface area contributed by atoms with E-state index in [0.717, 1.165) is 24.3 Å². The van der Waals surface area contributed by atoms with E-state index in [-0.39, 0.29) is 5.91 Å². The number of carboxylic acid groups (broad SMARTS) is 1. The molecule has 1 aromatic carbocycles. The van der Waals surface area contributed by atoms with Gasteiger partial charge >= 0.3 is 5.97 Å². The van der Waals surface area contributed by atoms with Crippen LogP contribution in [0, 0.1) is 0 Å². The van der Waals surface area contributed by atoms with Crippen LogP contribution in [0.4, 0.5) is 5.69 Å². The zero-order valence-electron chi connectivity index (χ0n) is 9.88. The van der Waals surface area contributed by atoms with Crippen molar-refractivity contribution in [2.45, 2.75) is 13.3 Å². The molecule has 4 heteroatoms. The van der Waals surface area contributed by atoms with Gasteiger partial charge in [0.15, 0.2) is 0 Å².